The van der Waals surface area contributed by atoms with Crippen LogP contribution in [0.5, 0.6) is 0 Å². The molecule has 29 heavy (non-hydrogen) atoms. The Morgan fingerprint density at radius 2 is 1.90 bits per heavy atom. The smallest absolute Gasteiger partial charge is 0.194 e. The molecule has 166 valence electrons. The largest absolute Gasteiger partial charge is 0.364 e. The molecule has 2 fully saturated rings. The lowest BCUT2D eigenvalue weighted by atomic mass is 10.3. The number of aromatic nitrogens is 1. The highest BCUT2D eigenvalue weighted by Crippen LogP contribution is 2.08. The summed E-state index contributed by atoms with van der Waals surface area (Å²) in [6.07, 6.45) is 4.05. The number of likely N-dealkylation sites (N-methyl/N-ethyl adjacent to an activating group) is 1. The summed E-state index contributed by atoms with van der Waals surface area (Å²) in [7, 11) is 2.22. The number of aliphatic imine (C=N–C) groups is 1. The van der Waals surface area contributed by atoms with E-state index in [1.807, 2.05) is 6.07 Å². The quantitative estimate of drug-likeness (QED) is 0.253. The Morgan fingerprint density at radius 3 is 2.62 bits per heavy atom. The number of hydrogen-bond acceptors (Lipinski definition) is 6. The van der Waals surface area contributed by atoms with Gasteiger partial charge in [-0.15, -0.1) is 24.0 Å². The second-order valence-corrected chi connectivity index (χ2v) is 7.84. The molecule has 0 aliphatic carbocycles. The van der Waals surface area contributed by atoms with Crippen molar-refractivity contribution in [3.8, 4) is 0 Å². The number of nitrogens with zero attached hydrogens (tertiary/aromatic N) is 6. The molecule has 2 aliphatic heterocycles. The Labute approximate surface area is 192 Å². The summed E-state index contributed by atoms with van der Waals surface area (Å²) in [5.74, 6) is 1.07. The van der Waals surface area contributed by atoms with Crippen molar-refractivity contribution in [2.45, 2.75) is 26.3 Å². The lowest BCUT2D eigenvalue weighted by Crippen LogP contribution is -2.52. The average molecular weight is 519 g/mol. The van der Waals surface area contributed by atoms with E-state index in [-0.39, 0.29) is 24.0 Å². The normalized spacial score (nSPS) is 20.3. The van der Waals surface area contributed by atoms with Crippen molar-refractivity contribution >= 4 is 29.9 Å². The van der Waals surface area contributed by atoms with Gasteiger partial charge in [-0.2, -0.15) is 0 Å². The van der Waals surface area contributed by atoms with E-state index >= 15 is 0 Å². The summed E-state index contributed by atoms with van der Waals surface area (Å²) in [6, 6.07) is 1.94. The van der Waals surface area contributed by atoms with E-state index in [1.54, 1.807) is 6.26 Å². The number of guanidine groups is 1. The van der Waals surface area contributed by atoms with Crippen LogP contribution in [0.25, 0.3) is 0 Å². The molecule has 2 aliphatic rings. The molecule has 0 spiro atoms. The highest BCUT2D eigenvalue weighted by Gasteiger charge is 2.20. The van der Waals surface area contributed by atoms with Crippen LogP contribution in [0.2, 0.25) is 0 Å². The second-order valence-electron chi connectivity index (χ2n) is 7.84. The maximum atomic E-state index is 4.94. The number of nitrogens with one attached hydrogen (secondary N) is 1. The molecule has 0 unspecified atom stereocenters. The van der Waals surface area contributed by atoms with Gasteiger partial charge in [0.15, 0.2) is 5.96 Å². The molecule has 0 atom stereocenters. The summed E-state index contributed by atoms with van der Waals surface area (Å²) < 4.78 is 4.94. The van der Waals surface area contributed by atoms with Crippen molar-refractivity contribution in [3.63, 3.8) is 0 Å². The third kappa shape index (κ3) is 8.39. The minimum Gasteiger partial charge on any atom is -0.364 e. The Balaban J connectivity index is 0.00000300. The summed E-state index contributed by atoms with van der Waals surface area (Å²) >= 11 is 0. The van der Waals surface area contributed by atoms with E-state index < -0.39 is 0 Å². The lowest BCUT2D eigenvalue weighted by molar-refractivity contribution is 0.169. The predicted octanol–water partition coefficient (Wildman–Crippen LogP) is 1.40. The summed E-state index contributed by atoms with van der Waals surface area (Å²) in [4.78, 5) is 14.8. The van der Waals surface area contributed by atoms with E-state index in [4.69, 9.17) is 9.52 Å². The van der Waals surface area contributed by atoms with Gasteiger partial charge in [-0.3, -0.25) is 9.89 Å². The average Bonchev–Trinajstić information content (AvgIpc) is 3.12. The highest BCUT2D eigenvalue weighted by atomic mass is 127. The zero-order valence-electron chi connectivity index (χ0n) is 18.1. The fourth-order valence-corrected chi connectivity index (χ4v) is 3.89. The van der Waals surface area contributed by atoms with E-state index in [0.717, 1.165) is 70.4 Å². The molecule has 9 heteroatoms. The minimum atomic E-state index is 0. The maximum Gasteiger partial charge on any atom is 0.194 e. The number of halogens is 1. The SMILES string of the molecule is CCNC(=NCCCN1CCCN(C)CC1)N1CCN(Cc2ccon2)CC1.I. The minimum absolute atomic E-state index is 0. The fourth-order valence-electron chi connectivity index (χ4n) is 3.89. The third-order valence-electron chi connectivity index (χ3n) is 5.59. The Hall–Kier alpha value is -0.910. The van der Waals surface area contributed by atoms with Gasteiger partial charge >= 0.3 is 0 Å². The van der Waals surface area contributed by atoms with Crippen molar-refractivity contribution in [1.82, 2.24) is 30.1 Å². The summed E-state index contributed by atoms with van der Waals surface area (Å²) in [6.45, 7) is 14.8. The molecule has 1 aromatic rings. The first-order valence-corrected chi connectivity index (χ1v) is 10.8. The Kier molecular flexibility index (Phi) is 11.3. The molecular weight excluding hydrogens is 481 g/mol. The second kappa shape index (κ2) is 13.4. The number of rotatable bonds is 7. The predicted molar refractivity (Wildman–Crippen MR) is 128 cm³/mol. The van der Waals surface area contributed by atoms with Crippen LogP contribution in [0.4, 0.5) is 0 Å². The van der Waals surface area contributed by atoms with Crippen molar-refractivity contribution in [2.75, 3.05) is 79.0 Å². The number of hydrogen-bond donors (Lipinski definition) is 1. The topological polar surface area (TPSA) is 63.4 Å². The zero-order chi connectivity index (χ0) is 19.6. The van der Waals surface area contributed by atoms with Crippen LogP contribution in [0.15, 0.2) is 21.8 Å². The van der Waals surface area contributed by atoms with E-state index in [1.165, 1.54) is 32.6 Å². The van der Waals surface area contributed by atoms with Gasteiger partial charge in [0.05, 0.1) is 5.69 Å². The van der Waals surface area contributed by atoms with Gasteiger partial charge in [0.2, 0.25) is 0 Å². The number of piperazine rings is 1. The van der Waals surface area contributed by atoms with Crippen LogP contribution in [0.3, 0.4) is 0 Å². The summed E-state index contributed by atoms with van der Waals surface area (Å²) in [5.41, 5.74) is 1.01. The lowest BCUT2D eigenvalue weighted by Gasteiger charge is -2.36. The van der Waals surface area contributed by atoms with Crippen molar-refractivity contribution in [1.29, 1.82) is 0 Å². The van der Waals surface area contributed by atoms with Crippen molar-refractivity contribution < 1.29 is 4.52 Å². The Morgan fingerprint density at radius 1 is 1.10 bits per heavy atom. The fraction of sp³-hybridized carbons (Fsp3) is 0.800. The van der Waals surface area contributed by atoms with Crippen LogP contribution in [-0.2, 0) is 6.54 Å². The van der Waals surface area contributed by atoms with Gasteiger partial charge in [-0.25, -0.2) is 0 Å². The van der Waals surface area contributed by atoms with Crippen LogP contribution in [-0.4, -0.2) is 110 Å². The van der Waals surface area contributed by atoms with Gasteiger partial charge in [0.1, 0.15) is 6.26 Å². The van der Waals surface area contributed by atoms with Crippen LogP contribution in [0.1, 0.15) is 25.5 Å². The molecule has 3 rings (SSSR count). The Bertz CT molecular complexity index is 575. The van der Waals surface area contributed by atoms with Gasteiger partial charge < -0.3 is 24.5 Å². The molecule has 0 saturated carbocycles. The van der Waals surface area contributed by atoms with Gasteiger partial charge in [-0.1, -0.05) is 5.16 Å². The standard InChI is InChI=1S/C20H37N7O.HI/c1-3-21-20(22-7-4-9-25-10-5-8-24(2)11-12-25)27-15-13-26(14-16-27)18-19-6-17-28-23-19;/h6,17H,3-5,7-16,18H2,1-2H3,(H,21,22);1H. The first kappa shape index (κ1) is 24.4. The summed E-state index contributed by atoms with van der Waals surface area (Å²) in [5, 5.41) is 7.50. The molecule has 0 bridgehead atoms. The first-order valence-electron chi connectivity index (χ1n) is 10.8. The first-order chi connectivity index (χ1) is 13.7. The van der Waals surface area contributed by atoms with Gasteiger partial charge in [0, 0.05) is 65.0 Å². The molecule has 2 saturated heterocycles. The molecule has 0 amide bonds. The third-order valence-corrected chi connectivity index (χ3v) is 5.59. The monoisotopic (exact) mass is 519 g/mol. The molecule has 3 heterocycles. The van der Waals surface area contributed by atoms with Gasteiger partial charge in [0.25, 0.3) is 0 Å². The molecule has 1 N–H and O–H groups in total. The van der Waals surface area contributed by atoms with E-state index in [2.05, 4.69) is 44.0 Å². The van der Waals surface area contributed by atoms with Crippen LogP contribution >= 0.6 is 24.0 Å². The van der Waals surface area contributed by atoms with Crippen molar-refractivity contribution in [2.24, 2.45) is 4.99 Å². The van der Waals surface area contributed by atoms with Crippen LogP contribution in [0, 0.1) is 0 Å². The molecule has 1 aromatic heterocycles. The highest BCUT2D eigenvalue weighted by molar-refractivity contribution is 14.0. The molecule has 8 nitrogen and oxygen atoms in total. The molecule has 0 radical (unpaired) electrons. The van der Waals surface area contributed by atoms with E-state index in [0.29, 0.717) is 0 Å². The molecule has 0 aromatic carbocycles. The van der Waals surface area contributed by atoms with Gasteiger partial charge in [-0.05, 0) is 46.4 Å². The molecular formula is C20H38IN7O. The van der Waals surface area contributed by atoms with E-state index in [9.17, 15) is 0 Å². The van der Waals surface area contributed by atoms with Crippen molar-refractivity contribution in [3.05, 3.63) is 18.0 Å². The maximum absolute atomic E-state index is 4.94. The van der Waals surface area contributed by atoms with Crippen LogP contribution < -0.4 is 5.32 Å². The zero-order valence-corrected chi connectivity index (χ0v) is 20.4.